The summed E-state index contributed by atoms with van der Waals surface area (Å²) >= 11 is 0. The molecular formula is C51H54N4O8. The number of pyridine rings is 1. The van der Waals surface area contributed by atoms with E-state index in [0.29, 0.717) is 71.6 Å². The van der Waals surface area contributed by atoms with Crippen molar-refractivity contribution in [2.45, 2.75) is 37.5 Å². The maximum Gasteiger partial charge on any atom is 0.347 e. The van der Waals surface area contributed by atoms with Gasteiger partial charge in [-0.05, 0) is 103 Å². The Kier molecular flexibility index (Phi) is 13.6. The molecule has 0 radical (unpaired) electrons. The lowest BCUT2D eigenvalue weighted by molar-refractivity contribution is -0.164. The van der Waals surface area contributed by atoms with Crippen LogP contribution < -0.4 is 15.6 Å². The number of aromatic amines is 1. The molecule has 12 heteroatoms. The topological polar surface area (TPSA) is 165 Å². The average molecular weight is 851 g/mol. The minimum atomic E-state index is -2.03. The second kappa shape index (κ2) is 19.8. The van der Waals surface area contributed by atoms with E-state index in [1.807, 2.05) is 36.4 Å². The zero-order chi connectivity index (χ0) is 43.8. The lowest BCUT2D eigenvalue weighted by atomic mass is 9.86. The standard InChI is InChI=1S/C51H54N4O8/c56-45-20-18-43(44-19-21-47(58)53-48(44)45)46(57)29-52-25-22-35-14-16-39(17-15-35)49(59)55-31-38(32-55)34-62-42-13-7-12-41(28-42)51(61,40-10-5-2-6-11-40)50(60)63-33-37-23-26-54(27-24-37)30-36-8-3-1-4-9-36/h1-21,28,37-38,46,52,56-57,61H,22-27,29-34H2,(H,53,58)/t46-,51?/m0/s1. The first kappa shape index (κ1) is 43.3. The van der Waals surface area contributed by atoms with Crippen molar-refractivity contribution >= 4 is 22.8 Å². The molecule has 1 amide bonds. The molecule has 0 bridgehead atoms. The summed E-state index contributed by atoms with van der Waals surface area (Å²) in [7, 11) is 0. The number of hydrogen-bond donors (Lipinski definition) is 5. The van der Waals surface area contributed by atoms with Crippen molar-refractivity contribution in [3.8, 4) is 11.5 Å². The zero-order valence-electron chi connectivity index (χ0n) is 35.2. The van der Waals surface area contributed by atoms with E-state index in [9.17, 15) is 29.7 Å². The molecule has 12 nitrogen and oxygen atoms in total. The Labute approximate surface area is 366 Å². The highest BCUT2D eigenvalue weighted by Crippen LogP contribution is 2.34. The number of phenolic OH excluding ortho intramolecular Hbond substituents is 1. The van der Waals surface area contributed by atoms with Crippen LogP contribution in [-0.4, -0.2) is 94.5 Å². The van der Waals surface area contributed by atoms with Crippen LogP contribution in [-0.2, 0) is 28.1 Å². The van der Waals surface area contributed by atoms with Crippen LogP contribution in [0.1, 0.15) is 57.1 Å². The number of nitrogens with one attached hydrogen (secondary N) is 2. The lowest BCUT2D eigenvalue weighted by Gasteiger charge is -2.39. The van der Waals surface area contributed by atoms with Crippen molar-refractivity contribution in [3.63, 3.8) is 0 Å². The number of carbonyl (C=O) groups excluding carboxylic acids is 2. The number of aromatic hydroxyl groups is 1. The molecule has 2 aliphatic heterocycles. The summed E-state index contributed by atoms with van der Waals surface area (Å²) in [5.41, 5.74) is 2.25. The summed E-state index contributed by atoms with van der Waals surface area (Å²) in [6.07, 6.45) is 1.66. The minimum absolute atomic E-state index is 0.0484. The van der Waals surface area contributed by atoms with Gasteiger partial charge < -0.3 is 40.0 Å². The summed E-state index contributed by atoms with van der Waals surface area (Å²) in [6, 6.07) is 39.9. The molecule has 2 fully saturated rings. The molecule has 2 aliphatic rings. The highest BCUT2D eigenvalue weighted by atomic mass is 16.5. The van der Waals surface area contributed by atoms with Gasteiger partial charge in [0, 0.05) is 54.7 Å². The number of aromatic nitrogens is 1. The molecule has 1 unspecified atom stereocenters. The number of hydrogen-bond acceptors (Lipinski definition) is 10. The second-order valence-electron chi connectivity index (χ2n) is 16.7. The summed E-state index contributed by atoms with van der Waals surface area (Å²) in [5, 5.41) is 37.0. The van der Waals surface area contributed by atoms with E-state index in [-0.39, 0.29) is 42.2 Å². The molecule has 0 aliphatic carbocycles. The van der Waals surface area contributed by atoms with Crippen molar-refractivity contribution < 1.29 is 34.4 Å². The van der Waals surface area contributed by atoms with Crippen LogP contribution in [0.3, 0.4) is 0 Å². The molecular weight excluding hydrogens is 797 g/mol. The molecule has 3 heterocycles. The minimum Gasteiger partial charge on any atom is -0.506 e. The number of piperidine rings is 1. The van der Waals surface area contributed by atoms with Crippen LogP contribution in [0.5, 0.6) is 11.5 Å². The van der Waals surface area contributed by atoms with Gasteiger partial charge in [0.2, 0.25) is 11.2 Å². The summed E-state index contributed by atoms with van der Waals surface area (Å²) in [6.45, 7) is 5.32. The Morgan fingerprint density at radius 1 is 0.794 bits per heavy atom. The smallest absolute Gasteiger partial charge is 0.347 e. The number of H-pyrrole nitrogens is 1. The molecule has 8 rings (SSSR count). The maximum absolute atomic E-state index is 13.9. The molecule has 6 aromatic rings. The number of esters is 1. The number of benzene rings is 5. The van der Waals surface area contributed by atoms with E-state index in [4.69, 9.17) is 9.47 Å². The number of amides is 1. The van der Waals surface area contributed by atoms with Gasteiger partial charge in [-0.3, -0.25) is 14.5 Å². The molecule has 63 heavy (non-hydrogen) atoms. The van der Waals surface area contributed by atoms with Crippen LogP contribution in [0, 0.1) is 11.8 Å². The number of ether oxygens (including phenoxy) is 2. The number of likely N-dealkylation sites (tertiary alicyclic amines) is 2. The molecule has 0 spiro atoms. The number of phenols is 1. The van der Waals surface area contributed by atoms with Gasteiger partial charge in [0.15, 0.2) is 0 Å². The number of aliphatic hydroxyl groups excluding tert-OH is 1. The van der Waals surface area contributed by atoms with E-state index in [0.717, 1.165) is 38.0 Å². The van der Waals surface area contributed by atoms with Crippen molar-refractivity contribution in [1.29, 1.82) is 0 Å². The highest BCUT2D eigenvalue weighted by molar-refractivity contribution is 5.94. The van der Waals surface area contributed by atoms with Crippen molar-refractivity contribution in [3.05, 3.63) is 177 Å². The number of carbonyl (C=O) groups is 2. The fourth-order valence-electron chi connectivity index (χ4n) is 8.53. The third-order valence-corrected chi connectivity index (χ3v) is 12.3. The number of fused-ring (bicyclic) bond motifs is 1. The van der Waals surface area contributed by atoms with Gasteiger partial charge in [-0.1, -0.05) is 91.0 Å². The van der Waals surface area contributed by atoms with Crippen LogP contribution >= 0.6 is 0 Å². The monoisotopic (exact) mass is 850 g/mol. The predicted octanol–water partition coefficient (Wildman–Crippen LogP) is 5.94. The van der Waals surface area contributed by atoms with Crippen LogP contribution in [0.25, 0.3) is 10.9 Å². The van der Waals surface area contributed by atoms with E-state index in [1.54, 1.807) is 65.6 Å². The van der Waals surface area contributed by atoms with Crippen LogP contribution in [0.15, 0.2) is 138 Å². The summed E-state index contributed by atoms with van der Waals surface area (Å²) < 4.78 is 12.1. The van der Waals surface area contributed by atoms with Crippen molar-refractivity contribution in [2.75, 3.05) is 52.5 Å². The first-order valence-corrected chi connectivity index (χ1v) is 21.7. The Bertz CT molecular complexity index is 2540. The third kappa shape index (κ3) is 10.3. The van der Waals surface area contributed by atoms with E-state index < -0.39 is 17.7 Å². The Morgan fingerprint density at radius 3 is 2.25 bits per heavy atom. The first-order chi connectivity index (χ1) is 30.6. The normalized spacial score (nSPS) is 16.3. The van der Waals surface area contributed by atoms with Crippen LogP contribution in [0.4, 0.5) is 0 Å². The van der Waals surface area contributed by atoms with Gasteiger partial charge in [-0.25, -0.2) is 4.79 Å². The lowest BCUT2D eigenvalue weighted by Crippen LogP contribution is -2.52. The quantitative estimate of drug-likeness (QED) is 0.0548. The molecule has 2 saturated heterocycles. The number of nitrogens with zero attached hydrogens (tertiary/aromatic N) is 2. The Morgan fingerprint density at radius 2 is 1.51 bits per heavy atom. The average Bonchev–Trinajstić information content (AvgIpc) is 3.30. The van der Waals surface area contributed by atoms with Gasteiger partial charge >= 0.3 is 5.97 Å². The maximum atomic E-state index is 13.9. The molecule has 5 N–H and O–H groups in total. The second-order valence-corrected chi connectivity index (χ2v) is 16.7. The van der Waals surface area contributed by atoms with Crippen molar-refractivity contribution in [2.24, 2.45) is 11.8 Å². The number of aliphatic hydroxyl groups is 2. The van der Waals surface area contributed by atoms with Crippen molar-refractivity contribution in [1.82, 2.24) is 20.1 Å². The van der Waals surface area contributed by atoms with E-state index in [2.05, 4.69) is 39.5 Å². The molecule has 326 valence electrons. The number of rotatable bonds is 17. The molecule has 0 saturated carbocycles. The first-order valence-electron chi connectivity index (χ1n) is 21.7. The van der Waals surface area contributed by atoms with Gasteiger partial charge in [0.05, 0.1) is 24.8 Å². The summed E-state index contributed by atoms with van der Waals surface area (Å²) in [5.74, 6) is 0.0263. The van der Waals surface area contributed by atoms with Crippen LogP contribution in [0.2, 0.25) is 0 Å². The molecule has 1 aromatic heterocycles. The highest BCUT2D eigenvalue weighted by Gasteiger charge is 2.42. The predicted molar refractivity (Wildman–Crippen MR) is 240 cm³/mol. The third-order valence-electron chi connectivity index (χ3n) is 12.3. The van der Waals surface area contributed by atoms with E-state index in [1.165, 1.54) is 17.7 Å². The Balaban J connectivity index is 0.788. The Hall–Kier alpha value is -6.31. The summed E-state index contributed by atoms with van der Waals surface area (Å²) in [4.78, 5) is 45.7. The van der Waals surface area contributed by atoms with Gasteiger partial charge in [0.25, 0.3) is 5.91 Å². The largest absolute Gasteiger partial charge is 0.506 e. The van der Waals surface area contributed by atoms with Gasteiger partial charge in [0.1, 0.15) is 11.5 Å². The van der Waals surface area contributed by atoms with E-state index >= 15 is 0 Å². The van der Waals surface area contributed by atoms with Gasteiger partial charge in [-0.15, -0.1) is 0 Å². The fraction of sp³-hybridized carbons (Fsp3) is 0.314. The molecule has 2 atom stereocenters. The van der Waals surface area contributed by atoms with Gasteiger partial charge in [-0.2, -0.15) is 0 Å². The SMILES string of the molecule is O=C(c1ccc(CCNC[C@H](O)c2ccc(O)c3[nH]c(=O)ccc23)cc1)N1CC(COc2cccc(C(O)(C(=O)OCC3CCN(Cc4ccccc4)CC3)c3ccccc3)c2)C1. The zero-order valence-corrected chi connectivity index (χ0v) is 35.2. The fourth-order valence-corrected chi connectivity index (χ4v) is 8.53. The molecule has 5 aromatic carbocycles.